The third-order valence-corrected chi connectivity index (χ3v) is 20.3. The number of hydrogen-bond acceptors (Lipinski definition) is 2. The van der Waals surface area contributed by atoms with E-state index < -0.39 is 0 Å². The summed E-state index contributed by atoms with van der Waals surface area (Å²) in [5.74, 6) is 0. The zero-order chi connectivity index (χ0) is 57.0. The van der Waals surface area contributed by atoms with Crippen molar-refractivity contribution in [2.45, 2.75) is 0 Å². The lowest BCUT2D eigenvalue weighted by Gasteiger charge is -2.41. The Kier molecular flexibility index (Phi) is 9.18. The molecular formula is C82H48B2N4. The van der Waals surface area contributed by atoms with E-state index in [1.54, 1.807) is 0 Å². The minimum absolute atomic E-state index is 0.0403. The van der Waals surface area contributed by atoms with E-state index in [-0.39, 0.29) is 13.7 Å². The van der Waals surface area contributed by atoms with E-state index in [1.165, 1.54) is 181 Å². The van der Waals surface area contributed by atoms with Crippen molar-refractivity contribution in [3.63, 3.8) is 0 Å². The van der Waals surface area contributed by atoms with Crippen molar-refractivity contribution in [2.75, 3.05) is 9.80 Å². The van der Waals surface area contributed by atoms with Crippen molar-refractivity contribution >= 4 is 156 Å². The highest BCUT2D eigenvalue weighted by Crippen LogP contribution is 2.50. The highest BCUT2D eigenvalue weighted by Gasteiger charge is 2.45. The molecule has 4 aliphatic rings. The van der Waals surface area contributed by atoms with Gasteiger partial charge in [-0.25, -0.2) is 0 Å². The Morgan fingerprint density at radius 3 is 1.41 bits per heavy atom. The maximum Gasteiger partial charge on any atom is 0.333 e. The molecule has 0 atom stereocenters. The van der Waals surface area contributed by atoms with Crippen molar-refractivity contribution in [1.82, 2.24) is 8.96 Å². The second-order valence-corrected chi connectivity index (χ2v) is 24.7. The molecule has 0 fully saturated rings. The van der Waals surface area contributed by atoms with Crippen molar-refractivity contribution in [3.8, 4) is 44.5 Å². The third kappa shape index (κ3) is 6.25. The number of anilines is 6. The predicted octanol–water partition coefficient (Wildman–Crippen LogP) is 18.7. The van der Waals surface area contributed by atoms with Gasteiger partial charge in [-0.05, 0) is 177 Å². The first kappa shape index (κ1) is 47.0. The van der Waals surface area contributed by atoms with Crippen LogP contribution in [0.15, 0.2) is 291 Å². The molecule has 2 aromatic heterocycles. The lowest BCUT2D eigenvalue weighted by atomic mass is 9.45. The normalized spacial score (nSPS) is 13.4. The minimum Gasteiger partial charge on any atom is -0.375 e. The van der Waals surface area contributed by atoms with Gasteiger partial charge in [-0.1, -0.05) is 212 Å². The Morgan fingerprint density at radius 2 is 0.705 bits per heavy atom. The van der Waals surface area contributed by atoms with Crippen molar-refractivity contribution < 1.29 is 0 Å². The van der Waals surface area contributed by atoms with Gasteiger partial charge in [0.2, 0.25) is 0 Å². The van der Waals surface area contributed by atoms with Crippen LogP contribution in [0.3, 0.4) is 0 Å². The highest BCUT2D eigenvalue weighted by atomic mass is 15.2. The maximum atomic E-state index is 2.68. The molecule has 0 N–H and O–H groups in total. The first-order chi connectivity index (χ1) is 43.6. The van der Waals surface area contributed by atoms with Crippen molar-refractivity contribution in [2.24, 2.45) is 0 Å². The van der Waals surface area contributed by atoms with Gasteiger partial charge in [0.05, 0.1) is 0 Å². The van der Waals surface area contributed by atoms with Crippen LogP contribution >= 0.6 is 0 Å². The van der Waals surface area contributed by atoms with E-state index >= 15 is 0 Å². The van der Waals surface area contributed by atoms with E-state index in [4.69, 9.17) is 0 Å². The number of fused-ring (bicyclic) bond motifs is 18. The summed E-state index contributed by atoms with van der Waals surface area (Å²) >= 11 is 0. The summed E-state index contributed by atoms with van der Waals surface area (Å²) in [4.78, 5) is 5.11. The monoisotopic (exact) mass is 1110 g/mol. The molecule has 0 amide bonds. The van der Waals surface area contributed by atoms with Gasteiger partial charge in [0, 0.05) is 88.9 Å². The van der Waals surface area contributed by atoms with Gasteiger partial charge in [-0.3, -0.25) is 0 Å². The zero-order valence-corrected chi connectivity index (χ0v) is 47.7. The van der Waals surface area contributed by atoms with Gasteiger partial charge in [-0.15, -0.1) is 0 Å². The number of aromatic nitrogens is 2. The molecule has 0 saturated carbocycles. The van der Waals surface area contributed by atoms with Gasteiger partial charge in [0.1, 0.15) is 0 Å². The predicted molar refractivity (Wildman–Crippen MR) is 374 cm³/mol. The van der Waals surface area contributed by atoms with Gasteiger partial charge in [-0.2, -0.15) is 0 Å². The molecule has 0 aliphatic carbocycles. The fourth-order valence-corrected chi connectivity index (χ4v) is 16.6. The SMILES string of the molecule is c1ccc(-c2cc3c4c(c2)N(c2ccc5cc(-c6ccc7c(c6)c6cccc8c6n7B6c7cc9ccccc9cc7N(c7ccc9ccccc9c7)c7cccc-8c76)ccc5c2)c2cc5ccccc5cc2B4n2c4ccccc4c4cccc-3c42)cc1. The Morgan fingerprint density at radius 1 is 0.227 bits per heavy atom. The van der Waals surface area contributed by atoms with Crippen molar-refractivity contribution in [1.29, 1.82) is 0 Å². The van der Waals surface area contributed by atoms with Crippen molar-refractivity contribution in [3.05, 3.63) is 291 Å². The van der Waals surface area contributed by atoms with E-state index in [0.717, 1.165) is 5.69 Å². The molecule has 0 saturated heterocycles. The lowest BCUT2D eigenvalue weighted by Crippen LogP contribution is -2.56. The fraction of sp³-hybridized carbons (Fsp3) is 0. The summed E-state index contributed by atoms with van der Waals surface area (Å²) < 4.78 is 5.34. The standard InChI is InChI=1S/C82H48B2N4/c1-2-15-49(16-3-1)60-43-70-68-28-12-25-65-63-23-10-11-29-73(63)87(81(65)68)84-72-45-53-20-7-9-22-55(53)47-77(72)86(78(48-60)80(70)84)62-37-34-57-39-56(31-32-58(57)41-62)59-35-38-74-69(42-59)67-27-13-26-66-64-24-14-30-75-79(64)83(88(74)82(66)67)71-44-52-19-6-8-21-54(52)46-76(71)85(75)61-36-33-50-17-4-5-18-51(50)40-61/h1-48H. The molecule has 17 aromatic rings. The number of para-hydroxylation sites is 3. The number of rotatable bonds is 4. The minimum atomic E-state index is -0.0413. The first-order valence-corrected chi connectivity index (χ1v) is 30.8. The van der Waals surface area contributed by atoms with E-state index in [1.807, 2.05) is 0 Å². The Hall–Kier alpha value is -11.3. The average Bonchev–Trinajstić information content (AvgIpc) is 1.37. The van der Waals surface area contributed by atoms with E-state index in [2.05, 4.69) is 310 Å². The highest BCUT2D eigenvalue weighted by molar-refractivity contribution is 6.91. The first-order valence-electron chi connectivity index (χ1n) is 30.8. The number of nitrogens with zero attached hydrogens (tertiary/aromatic N) is 4. The summed E-state index contributed by atoms with van der Waals surface area (Å²) in [5, 5.41) is 15.0. The number of benzene rings is 15. The van der Waals surface area contributed by atoms with Crippen LogP contribution in [-0.4, -0.2) is 22.7 Å². The Labute approximate surface area is 507 Å². The molecule has 4 nitrogen and oxygen atoms in total. The molecular weight excluding hydrogens is 1060 g/mol. The van der Waals surface area contributed by atoms with Gasteiger partial charge < -0.3 is 18.8 Å². The Balaban J connectivity index is 0.727. The van der Waals surface area contributed by atoms with Gasteiger partial charge in [0.15, 0.2) is 0 Å². The lowest BCUT2D eigenvalue weighted by molar-refractivity contribution is 1.26. The second-order valence-electron chi connectivity index (χ2n) is 24.7. The van der Waals surface area contributed by atoms with Gasteiger partial charge >= 0.3 is 13.7 Å². The molecule has 0 spiro atoms. The maximum absolute atomic E-state index is 2.68. The zero-order valence-electron chi connectivity index (χ0n) is 47.7. The van der Waals surface area contributed by atoms with Crippen LogP contribution in [0.2, 0.25) is 0 Å². The molecule has 15 aromatic carbocycles. The molecule has 0 bridgehead atoms. The molecule has 0 unspecified atom stereocenters. The van der Waals surface area contributed by atoms with Crippen LogP contribution in [0.25, 0.3) is 131 Å². The second kappa shape index (κ2) is 17.2. The van der Waals surface area contributed by atoms with Crippen LogP contribution in [0.4, 0.5) is 34.1 Å². The van der Waals surface area contributed by atoms with Crippen LogP contribution in [0.5, 0.6) is 0 Å². The largest absolute Gasteiger partial charge is 0.375 e. The van der Waals surface area contributed by atoms with Crippen LogP contribution < -0.4 is 31.7 Å². The summed E-state index contributed by atoms with van der Waals surface area (Å²) in [6.45, 7) is -0.0816. The average molecular weight is 1110 g/mol. The quantitative estimate of drug-likeness (QED) is 0.163. The van der Waals surface area contributed by atoms with Crippen LogP contribution in [0.1, 0.15) is 0 Å². The number of hydrogen-bond donors (Lipinski definition) is 0. The molecule has 6 heteroatoms. The van der Waals surface area contributed by atoms with E-state index in [0.29, 0.717) is 0 Å². The van der Waals surface area contributed by atoms with E-state index in [9.17, 15) is 0 Å². The Bertz CT molecular complexity index is 5990. The summed E-state index contributed by atoms with van der Waals surface area (Å²) in [6, 6.07) is 110. The summed E-state index contributed by atoms with van der Waals surface area (Å²) in [5.41, 5.74) is 27.6. The summed E-state index contributed by atoms with van der Waals surface area (Å²) in [7, 11) is 0. The topological polar surface area (TPSA) is 16.3 Å². The van der Waals surface area contributed by atoms with Gasteiger partial charge in [0.25, 0.3) is 0 Å². The fourth-order valence-electron chi connectivity index (χ4n) is 16.6. The molecule has 21 rings (SSSR count). The molecule has 402 valence electrons. The smallest absolute Gasteiger partial charge is 0.333 e. The summed E-state index contributed by atoms with van der Waals surface area (Å²) in [6.07, 6.45) is 0. The molecule has 6 heterocycles. The van der Waals surface area contributed by atoms with Crippen LogP contribution in [-0.2, 0) is 0 Å². The molecule has 0 radical (unpaired) electrons. The third-order valence-electron chi connectivity index (χ3n) is 20.3. The molecule has 4 aliphatic heterocycles. The molecule has 88 heavy (non-hydrogen) atoms. The van der Waals surface area contributed by atoms with Crippen LogP contribution in [0, 0.1) is 0 Å².